The van der Waals surface area contributed by atoms with Gasteiger partial charge in [0.15, 0.2) is 0 Å². The molecule has 1 heterocycles. The Morgan fingerprint density at radius 2 is 2.23 bits per heavy atom. The van der Waals surface area contributed by atoms with E-state index in [1.807, 2.05) is 6.26 Å². The smallest absolute Gasteiger partial charge is 0.274 e. The van der Waals surface area contributed by atoms with Gasteiger partial charge in [0, 0.05) is 23.9 Å². The summed E-state index contributed by atoms with van der Waals surface area (Å²) in [6, 6.07) is 6.60. The van der Waals surface area contributed by atoms with Crippen molar-refractivity contribution in [1.82, 2.24) is 9.97 Å². The molecule has 0 aliphatic rings. The van der Waals surface area contributed by atoms with Crippen LogP contribution in [-0.4, -0.2) is 27.1 Å². The number of benzene rings is 1. The molecule has 22 heavy (non-hydrogen) atoms. The molecule has 2 aromatic rings. The molecular weight excluding hydrogens is 308 g/mol. The molecule has 0 atom stereocenters. The minimum atomic E-state index is -0.603. The lowest BCUT2D eigenvalue weighted by atomic mass is 10.2. The van der Waals surface area contributed by atoms with Gasteiger partial charge in [-0.2, -0.15) is 11.8 Å². The number of H-pyrrole nitrogens is 1. The van der Waals surface area contributed by atoms with Gasteiger partial charge < -0.3 is 10.3 Å². The molecule has 2 N–H and O–H groups in total. The molecule has 0 unspecified atom stereocenters. The molecule has 1 aromatic heterocycles. The predicted molar refractivity (Wildman–Crippen MR) is 83.1 cm³/mol. The number of rotatable bonds is 5. The Bertz CT molecular complexity index is 775. The molecule has 8 nitrogen and oxygen atoms in total. The normalized spacial score (nSPS) is 10.2. The number of aromatic amines is 1. The number of non-ortho nitro benzene ring substituents is 1. The van der Waals surface area contributed by atoms with Crippen LogP contribution in [-0.2, 0) is 5.75 Å². The van der Waals surface area contributed by atoms with Crippen molar-refractivity contribution in [3.63, 3.8) is 0 Å². The van der Waals surface area contributed by atoms with E-state index < -0.39 is 16.4 Å². The molecule has 0 saturated carbocycles. The van der Waals surface area contributed by atoms with Crippen molar-refractivity contribution < 1.29 is 9.72 Å². The van der Waals surface area contributed by atoms with Gasteiger partial charge in [-0.25, -0.2) is 4.98 Å². The molecule has 0 bridgehead atoms. The standard InChI is InChI=1S/C13H12N4O4S/c1-22-7-11-15-10(6-12(18)16-11)13(19)14-8-3-2-4-9(5-8)17(20)21/h2-6H,7H2,1H3,(H,14,19)(H,15,16,18). The second-order valence-corrected chi connectivity index (χ2v) is 5.14. The number of carbonyl (C=O) groups excluding carboxylic acids is 1. The molecule has 2 rings (SSSR count). The maximum Gasteiger partial charge on any atom is 0.274 e. The van der Waals surface area contributed by atoms with Gasteiger partial charge in [0.1, 0.15) is 11.5 Å². The Labute approximate surface area is 129 Å². The number of nitro groups is 1. The molecular formula is C13H12N4O4S. The van der Waals surface area contributed by atoms with Crippen LogP contribution < -0.4 is 10.9 Å². The number of amides is 1. The third-order valence-corrected chi connectivity index (χ3v) is 3.18. The molecule has 0 aliphatic carbocycles. The first-order valence-corrected chi connectivity index (χ1v) is 7.54. The summed E-state index contributed by atoms with van der Waals surface area (Å²) in [6.45, 7) is 0. The largest absolute Gasteiger partial charge is 0.320 e. The summed E-state index contributed by atoms with van der Waals surface area (Å²) < 4.78 is 0. The second kappa shape index (κ2) is 6.85. The first kappa shape index (κ1) is 15.7. The average molecular weight is 320 g/mol. The van der Waals surface area contributed by atoms with Crippen LogP contribution in [0.1, 0.15) is 16.3 Å². The number of nitrogens with one attached hydrogen (secondary N) is 2. The Hall–Kier alpha value is -2.68. The zero-order valence-electron chi connectivity index (χ0n) is 11.5. The van der Waals surface area contributed by atoms with Crippen molar-refractivity contribution in [2.45, 2.75) is 5.75 Å². The second-order valence-electron chi connectivity index (χ2n) is 4.27. The quantitative estimate of drug-likeness (QED) is 0.640. The SMILES string of the molecule is CSCc1nc(C(=O)Nc2cccc([N+](=O)[O-])c2)cc(=O)[nH]1. The van der Waals surface area contributed by atoms with Crippen molar-refractivity contribution in [1.29, 1.82) is 0 Å². The molecule has 0 fully saturated rings. The van der Waals surface area contributed by atoms with E-state index in [0.29, 0.717) is 11.6 Å². The molecule has 0 radical (unpaired) electrons. The number of nitro benzene ring substituents is 1. The number of anilines is 1. The number of nitrogens with zero attached hydrogens (tertiary/aromatic N) is 2. The third kappa shape index (κ3) is 3.92. The Morgan fingerprint density at radius 3 is 2.91 bits per heavy atom. The van der Waals surface area contributed by atoms with E-state index in [1.54, 1.807) is 0 Å². The molecule has 1 aromatic carbocycles. The fraction of sp³-hybridized carbons (Fsp3) is 0.154. The lowest BCUT2D eigenvalue weighted by Gasteiger charge is -2.05. The highest BCUT2D eigenvalue weighted by atomic mass is 32.2. The average Bonchev–Trinajstić information content (AvgIpc) is 2.47. The molecule has 114 valence electrons. The van der Waals surface area contributed by atoms with Crippen molar-refractivity contribution in [2.75, 3.05) is 11.6 Å². The topological polar surface area (TPSA) is 118 Å². The zero-order chi connectivity index (χ0) is 16.1. The molecule has 9 heteroatoms. The zero-order valence-corrected chi connectivity index (χ0v) is 12.3. The first-order valence-electron chi connectivity index (χ1n) is 6.14. The van der Waals surface area contributed by atoms with Crippen LogP contribution in [0.5, 0.6) is 0 Å². The number of hydrogen-bond donors (Lipinski definition) is 2. The van der Waals surface area contributed by atoms with Gasteiger partial charge in [-0.3, -0.25) is 19.7 Å². The van der Waals surface area contributed by atoms with Crippen LogP contribution in [0.4, 0.5) is 11.4 Å². The Kier molecular flexibility index (Phi) is 4.89. The number of aromatic nitrogens is 2. The maximum atomic E-state index is 12.1. The predicted octanol–water partition coefficient (Wildman–Crippen LogP) is 1.79. The summed E-state index contributed by atoms with van der Waals surface area (Å²) in [7, 11) is 0. The van der Waals surface area contributed by atoms with E-state index in [9.17, 15) is 19.7 Å². The first-order chi connectivity index (χ1) is 10.5. The minimum Gasteiger partial charge on any atom is -0.320 e. The van der Waals surface area contributed by atoms with Crippen LogP contribution in [0.2, 0.25) is 0 Å². The monoisotopic (exact) mass is 320 g/mol. The van der Waals surface area contributed by atoms with E-state index in [0.717, 1.165) is 6.07 Å². The highest BCUT2D eigenvalue weighted by Gasteiger charge is 2.12. The van der Waals surface area contributed by atoms with E-state index in [-0.39, 0.29) is 17.1 Å². The summed E-state index contributed by atoms with van der Waals surface area (Å²) in [4.78, 5) is 40.3. The van der Waals surface area contributed by atoms with Crippen LogP contribution in [0.15, 0.2) is 35.1 Å². The number of carbonyl (C=O) groups is 1. The highest BCUT2D eigenvalue weighted by Crippen LogP contribution is 2.17. The van der Waals surface area contributed by atoms with E-state index >= 15 is 0 Å². The molecule has 0 spiro atoms. The molecule has 0 aliphatic heterocycles. The van der Waals surface area contributed by atoms with Crippen LogP contribution >= 0.6 is 11.8 Å². The lowest BCUT2D eigenvalue weighted by molar-refractivity contribution is -0.384. The highest BCUT2D eigenvalue weighted by molar-refractivity contribution is 7.97. The van der Waals surface area contributed by atoms with Crippen LogP contribution in [0.25, 0.3) is 0 Å². The fourth-order valence-electron chi connectivity index (χ4n) is 1.72. The summed E-state index contributed by atoms with van der Waals surface area (Å²) >= 11 is 1.45. The summed E-state index contributed by atoms with van der Waals surface area (Å²) in [5.41, 5.74) is -0.352. The number of thioether (sulfide) groups is 1. The van der Waals surface area contributed by atoms with Crippen LogP contribution in [0, 0.1) is 10.1 Å². The van der Waals surface area contributed by atoms with Gasteiger partial charge in [0.05, 0.1) is 10.7 Å². The fourth-order valence-corrected chi connectivity index (χ4v) is 2.13. The maximum absolute atomic E-state index is 12.1. The summed E-state index contributed by atoms with van der Waals surface area (Å²) in [5.74, 6) is 0.255. The summed E-state index contributed by atoms with van der Waals surface area (Å²) in [5, 5.41) is 13.2. The van der Waals surface area contributed by atoms with Gasteiger partial charge in [0.25, 0.3) is 17.2 Å². The minimum absolute atomic E-state index is 0.0423. The van der Waals surface area contributed by atoms with Gasteiger partial charge in [-0.05, 0) is 12.3 Å². The Morgan fingerprint density at radius 1 is 1.45 bits per heavy atom. The van der Waals surface area contributed by atoms with Gasteiger partial charge >= 0.3 is 0 Å². The van der Waals surface area contributed by atoms with E-state index in [1.165, 1.54) is 36.0 Å². The van der Waals surface area contributed by atoms with E-state index in [2.05, 4.69) is 15.3 Å². The summed E-state index contributed by atoms with van der Waals surface area (Å²) in [6.07, 6.45) is 1.84. The van der Waals surface area contributed by atoms with Crippen molar-refractivity contribution in [2.24, 2.45) is 0 Å². The van der Waals surface area contributed by atoms with Crippen molar-refractivity contribution in [3.05, 3.63) is 62.3 Å². The van der Waals surface area contributed by atoms with E-state index in [4.69, 9.17) is 0 Å². The van der Waals surface area contributed by atoms with Gasteiger partial charge in [0.2, 0.25) is 0 Å². The van der Waals surface area contributed by atoms with Gasteiger partial charge in [-0.15, -0.1) is 0 Å². The molecule has 0 saturated heterocycles. The lowest BCUT2D eigenvalue weighted by Crippen LogP contribution is -2.20. The van der Waals surface area contributed by atoms with Crippen LogP contribution in [0.3, 0.4) is 0 Å². The number of hydrogen-bond acceptors (Lipinski definition) is 6. The van der Waals surface area contributed by atoms with Gasteiger partial charge in [-0.1, -0.05) is 6.07 Å². The van der Waals surface area contributed by atoms with Crippen molar-refractivity contribution >= 4 is 29.0 Å². The Balaban J connectivity index is 2.24. The molecule has 1 amide bonds. The van der Waals surface area contributed by atoms with Crippen molar-refractivity contribution in [3.8, 4) is 0 Å². The third-order valence-electron chi connectivity index (χ3n) is 2.62.